The molecule has 0 aliphatic rings. The molecule has 0 spiro atoms. The zero-order valence-corrected chi connectivity index (χ0v) is 8.93. The van der Waals surface area contributed by atoms with Crippen LogP contribution in [0.5, 0.6) is 5.75 Å². The summed E-state index contributed by atoms with van der Waals surface area (Å²) < 4.78 is 0. The first kappa shape index (κ1) is 16.1. The van der Waals surface area contributed by atoms with Gasteiger partial charge in [-0.25, -0.2) is 4.79 Å². The number of carbonyl (C=O) groups excluding carboxylic acids is 1. The zero-order chi connectivity index (χ0) is 10.0. The van der Waals surface area contributed by atoms with Gasteiger partial charge in [0.05, 0.1) is 11.5 Å². The molecule has 0 radical (unpaired) electrons. The van der Waals surface area contributed by atoms with Gasteiger partial charge in [-0.3, -0.25) is 0 Å². The summed E-state index contributed by atoms with van der Waals surface area (Å²) in [5.74, 6) is -4.07. The van der Waals surface area contributed by atoms with E-state index >= 15 is 0 Å². The molecule has 0 atom stereocenters. The summed E-state index contributed by atoms with van der Waals surface area (Å²) in [6.45, 7) is 0. The van der Waals surface area contributed by atoms with Crippen molar-refractivity contribution in [3.63, 3.8) is 0 Å². The second-order valence-corrected chi connectivity index (χ2v) is 2.27. The third-order valence-electron chi connectivity index (χ3n) is 1.46. The van der Waals surface area contributed by atoms with Gasteiger partial charge in [-0.05, 0) is 0 Å². The number of aromatic carboxylic acids is 2. The van der Waals surface area contributed by atoms with Crippen LogP contribution < -0.4 is 10.2 Å². The molecule has 0 heterocycles. The number of hydrogen-bond donors (Lipinski definition) is 1. The number of carboxylic acid groups (broad SMARTS) is 2. The van der Waals surface area contributed by atoms with Gasteiger partial charge in [0, 0.05) is 5.56 Å². The van der Waals surface area contributed by atoms with Crippen LogP contribution in [0.3, 0.4) is 0 Å². The van der Waals surface area contributed by atoms with Crippen molar-refractivity contribution in [2.45, 2.75) is 0 Å². The van der Waals surface area contributed by atoms with E-state index < -0.39 is 28.8 Å². The molecule has 0 unspecified atom stereocenters. The smallest absolute Gasteiger partial charge is 0.872 e. The van der Waals surface area contributed by atoms with E-state index in [0.29, 0.717) is 0 Å². The van der Waals surface area contributed by atoms with E-state index in [2.05, 4.69) is 0 Å². The molecule has 0 fully saturated rings. The Kier molecular flexibility index (Phi) is 6.69. The molecule has 7 heteroatoms. The molecule has 0 aliphatic carbocycles. The Labute approximate surface area is 101 Å². The fourth-order valence-corrected chi connectivity index (χ4v) is 0.922. The maximum Gasteiger partial charge on any atom is 2.00 e. The summed E-state index contributed by atoms with van der Waals surface area (Å²) in [6.07, 6.45) is 0. The minimum Gasteiger partial charge on any atom is -0.872 e. The van der Waals surface area contributed by atoms with Crippen LogP contribution >= 0.6 is 0 Å². The van der Waals surface area contributed by atoms with E-state index in [1.807, 2.05) is 0 Å². The molecule has 0 aromatic heterocycles. The van der Waals surface area contributed by atoms with Gasteiger partial charge in [0.15, 0.2) is 0 Å². The van der Waals surface area contributed by atoms with Gasteiger partial charge in [-0.1, -0.05) is 23.9 Å². The summed E-state index contributed by atoms with van der Waals surface area (Å²) in [4.78, 5) is 20.8. The van der Waals surface area contributed by atoms with Gasteiger partial charge in [-0.15, -0.1) is 0 Å². The molecular weight excluding hydrogens is 216 g/mol. The van der Waals surface area contributed by atoms with Gasteiger partial charge < -0.3 is 25.6 Å². The largest absolute Gasteiger partial charge is 2.00 e. The molecule has 0 saturated carbocycles. The predicted octanol–water partition coefficient (Wildman–Crippen LogP) is -2.38. The van der Waals surface area contributed by atoms with Crippen LogP contribution in [0.2, 0.25) is 0 Å². The van der Waals surface area contributed by atoms with Crippen LogP contribution in [-0.2, 0) is 0 Å². The molecular formula is C8H6MgO6. The third kappa shape index (κ3) is 3.39. The van der Waals surface area contributed by atoms with Crippen molar-refractivity contribution in [2.75, 3.05) is 0 Å². The second kappa shape index (κ2) is 6.22. The zero-order valence-electron chi connectivity index (χ0n) is 7.52. The van der Waals surface area contributed by atoms with Crippen LogP contribution in [0.4, 0.5) is 0 Å². The first-order chi connectivity index (χ1) is 6.04. The van der Waals surface area contributed by atoms with E-state index in [-0.39, 0.29) is 28.5 Å². The molecule has 15 heavy (non-hydrogen) atoms. The summed E-state index contributed by atoms with van der Waals surface area (Å²) in [5, 5.41) is 29.8. The number of benzene rings is 1. The molecule has 0 saturated heterocycles. The summed E-state index contributed by atoms with van der Waals surface area (Å²) in [6, 6.07) is 3.16. The first-order valence-electron chi connectivity index (χ1n) is 3.28. The summed E-state index contributed by atoms with van der Waals surface area (Å²) in [5.41, 5.74) is -1.36. The number of carbonyl (C=O) groups is 2. The standard InChI is InChI=1S/C8H6O5.Mg.H2O/c9-5-3-1-2-4(7(10)11)6(5)8(12)13;;/h1-3,9H,(H,10,11)(H,12,13);;1H2/q;+2;/p-2. The molecule has 0 amide bonds. The van der Waals surface area contributed by atoms with Gasteiger partial charge in [0.1, 0.15) is 0 Å². The average molecular weight is 222 g/mol. The van der Waals surface area contributed by atoms with E-state index in [1.54, 1.807) is 0 Å². The number of hydrogen-bond acceptors (Lipinski definition) is 4. The van der Waals surface area contributed by atoms with Crippen molar-refractivity contribution < 1.29 is 30.4 Å². The second-order valence-electron chi connectivity index (χ2n) is 2.27. The Hall–Kier alpha value is -1.31. The third-order valence-corrected chi connectivity index (χ3v) is 1.46. The van der Waals surface area contributed by atoms with Crippen molar-refractivity contribution in [3.8, 4) is 5.75 Å². The van der Waals surface area contributed by atoms with Crippen LogP contribution in [0.1, 0.15) is 20.7 Å². The quantitative estimate of drug-likeness (QED) is 0.558. The fraction of sp³-hybridized carbons (Fsp3) is 0. The molecule has 76 valence electrons. The van der Waals surface area contributed by atoms with E-state index in [1.165, 1.54) is 6.07 Å². The van der Waals surface area contributed by atoms with Crippen LogP contribution in [0.25, 0.3) is 0 Å². The summed E-state index contributed by atoms with van der Waals surface area (Å²) >= 11 is 0. The van der Waals surface area contributed by atoms with Gasteiger partial charge in [0.2, 0.25) is 0 Å². The van der Waals surface area contributed by atoms with Crippen LogP contribution in [0.15, 0.2) is 18.2 Å². The van der Waals surface area contributed by atoms with Crippen LogP contribution in [-0.4, -0.2) is 45.6 Å². The number of carboxylic acids is 2. The van der Waals surface area contributed by atoms with Crippen molar-refractivity contribution in [1.82, 2.24) is 0 Å². The van der Waals surface area contributed by atoms with Crippen molar-refractivity contribution >= 4 is 35.0 Å². The van der Waals surface area contributed by atoms with Crippen molar-refractivity contribution in [2.24, 2.45) is 0 Å². The minimum atomic E-state index is -1.67. The molecule has 1 rings (SSSR count). The Balaban J connectivity index is 0. The Bertz CT molecular complexity index is 375. The van der Waals surface area contributed by atoms with Gasteiger partial charge >= 0.3 is 29.0 Å². The Morgan fingerprint density at radius 2 is 1.80 bits per heavy atom. The number of rotatable bonds is 2. The molecule has 1 aromatic carbocycles. The van der Waals surface area contributed by atoms with Crippen molar-refractivity contribution in [1.29, 1.82) is 0 Å². The molecule has 6 nitrogen and oxygen atoms in total. The van der Waals surface area contributed by atoms with Crippen LogP contribution in [0, 0.1) is 0 Å². The van der Waals surface area contributed by atoms with E-state index in [4.69, 9.17) is 5.11 Å². The SMILES string of the molecule is O.O=C([O-])c1cccc([O-])c1C(=O)O.[Mg+2]. The first-order valence-corrected chi connectivity index (χ1v) is 3.28. The van der Waals surface area contributed by atoms with Gasteiger partial charge in [0.25, 0.3) is 0 Å². The maximum atomic E-state index is 10.9. The summed E-state index contributed by atoms with van der Waals surface area (Å²) in [7, 11) is 0. The normalized spacial score (nSPS) is 8.27. The molecule has 3 N–H and O–H groups in total. The van der Waals surface area contributed by atoms with E-state index in [0.717, 1.165) is 12.1 Å². The van der Waals surface area contributed by atoms with Crippen molar-refractivity contribution in [3.05, 3.63) is 29.3 Å². The average Bonchev–Trinajstić information content (AvgIpc) is 2.02. The van der Waals surface area contributed by atoms with Gasteiger partial charge in [-0.2, -0.15) is 0 Å². The maximum absolute atomic E-state index is 10.9. The molecule has 0 aliphatic heterocycles. The minimum absolute atomic E-state index is 0. The molecule has 1 aromatic rings. The Morgan fingerprint density at radius 3 is 2.13 bits per heavy atom. The topological polar surface area (TPSA) is 132 Å². The Morgan fingerprint density at radius 1 is 1.27 bits per heavy atom. The monoisotopic (exact) mass is 222 g/mol. The molecule has 0 bridgehead atoms. The van der Waals surface area contributed by atoms with E-state index in [9.17, 15) is 19.8 Å². The predicted molar refractivity (Wildman–Crippen MR) is 46.5 cm³/mol. The fourth-order valence-electron chi connectivity index (χ4n) is 0.922.